The number of rotatable bonds is 6. The molecule has 0 saturated heterocycles. The van der Waals surface area contributed by atoms with Gasteiger partial charge in [0.2, 0.25) is 0 Å². The van der Waals surface area contributed by atoms with Crippen LogP contribution < -0.4 is 14.4 Å². The van der Waals surface area contributed by atoms with Crippen molar-refractivity contribution in [2.24, 2.45) is 0 Å². The molecule has 132 valence electrons. The quantitative estimate of drug-likeness (QED) is 0.736. The maximum atomic E-state index is 13.1. The Labute approximate surface area is 151 Å². The molecule has 0 unspecified atom stereocenters. The van der Waals surface area contributed by atoms with Gasteiger partial charge in [-0.05, 0) is 43.9 Å². The SMILES string of the molecule is C=CCN(C(=O)c1ccc(OC)c(OC)c1)c1nc2c(s1)CCCC2. The lowest BCUT2D eigenvalue weighted by Crippen LogP contribution is -2.31. The molecule has 6 heteroatoms. The lowest BCUT2D eigenvalue weighted by molar-refractivity contribution is 0.0989. The van der Waals surface area contributed by atoms with Gasteiger partial charge >= 0.3 is 0 Å². The van der Waals surface area contributed by atoms with E-state index in [-0.39, 0.29) is 5.91 Å². The number of hydrogen-bond acceptors (Lipinski definition) is 5. The second kappa shape index (κ2) is 7.70. The molecule has 1 aliphatic carbocycles. The number of aromatic nitrogens is 1. The summed E-state index contributed by atoms with van der Waals surface area (Å²) in [7, 11) is 3.13. The van der Waals surface area contributed by atoms with Crippen LogP contribution in [0.25, 0.3) is 0 Å². The number of carbonyl (C=O) groups excluding carboxylic acids is 1. The van der Waals surface area contributed by atoms with Crippen molar-refractivity contribution in [3.05, 3.63) is 47.0 Å². The molecular formula is C19H22N2O3S. The summed E-state index contributed by atoms with van der Waals surface area (Å²) < 4.78 is 10.6. The van der Waals surface area contributed by atoms with Gasteiger partial charge < -0.3 is 9.47 Å². The number of aryl methyl sites for hydroxylation is 2. The van der Waals surface area contributed by atoms with Gasteiger partial charge in [-0.25, -0.2) is 4.98 Å². The predicted octanol–water partition coefficient (Wildman–Crippen LogP) is 3.87. The summed E-state index contributed by atoms with van der Waals surface area (Å²) in [6.07, 6.45) is 6.14. The monoisotopic (exact) mass is 358 g/mol. The Bertz CT molecular complexity index is 761. The Hall–Kier alpha value is -2.34. The topological polar surface area (TPSA) is 51.7 Å². The fourth-order valence-corrected chi connectivity index (χ4v) is 4.11. The molecule has 25 heavy (non-hydrogen) atoms. The number of amides is 1. The summed E-state index contributed by atoms with van der Waals surface area (Å²) in [5.41, 5.74) is 1.67. The van der Waals surface area contributed by atoms with E-state index in [9.17, 15) is 4.79 Å². The van der Waals surface area contributed by atoms with E-state index in [1.54, 1.807) is 54.7 Å². The average molecular weight is 358 g/mol. The Morgan fingerprint density at radius 3 is 2.72 bits per heavy atom. The van der Waals surface area contributed by atoms with Crippen LogP contribution in [0.5, 0.6) is 11.5 Å². The molecule has 5 nitrogen and oxygen atoms in total. The fourth-order valence-electron chi connectivity index (χ4n) is 2.96. The Balaban J connectivity index is 1.93. The molecule has 0 fully saturated rings. The summed E-state index contributed by atoms with van der Waals surface area (Å²) in [5.74, 6) is 1.01. The summed E-state index contributed by atoms with van der Waals surface area (Å²) in [5, 5.41) is 0.742. The summed E-state index contributed by atoms with van der Waals surface area (Å²) in [6, 6.07) is 5.18. The molecule has 0 radical (unpaired) electrons. The molecule has 0 N–H and O–H groups in total. The van der Waals surface area contributed by atoms with Crippen LogP contribution in [0.4, 0.5) is 5.13 Å². The van der Waals surface area contributed by atoms with Crippen LogP contribution in [-0.2, 0) is 12.8 Å². The number of anilines is 1. The van der Waals surface area contributed by atoms with E-state index in [0.717, 1.165) is 23.7 Å². The smallest absolute Gasteiger partial charge is 0.260 e. The number of carbonyl (C=O) groups is 1. The highest BCUT2D eigenvalue weighted by atomic mass is 32.1. The highest BCUT2D eigenvalue weighted by Gasteiger charge is 2.24. The fraction of sp³-hybridized carbons (Fsp3) is 0.368. The van der Waals surface area contributed by atoms with E-state index in [2.05, 4.69) is 6.58 Å². The third kappa shape index (κ3) is 3.54. The number of fused-ring (bicyclic) bond motifs is 1. The first-order valence-electron chi connectivity index (χ1n) is 8.31. The highest BCUT2D eigenvalue weighted by molar-refractivity contribution is 7.16. The minimum absolute atomic E-state index is 0.119. The average Bonchev–Trinajstić information content (AvgIpc) is 3.08. The van der Waals surface area contributed by atoms with Crippen molar-refractivity contribution in [3.63, 3.8) is 0 Å². The van der Waals surface area contributed by atoms with Gasteiger partial charge in [-0.2, -0.15) is 0 Å². The first-order chi connectivity index (χ1) is 12.2. The minimum Gasteiger partial charge on any atom is -0.493 e. The summed E-state index contributed by atoms with van der Waals surface area (Å²) >= 11 is 1.61. The molecular weight excluding hydrogens is 336 g/mol. The molecule has 1 aromatic heterocycles. The molecule has 3 rings (SSSR count). The Morgan fingerprint density at radius 2 is 2.04 bits per heavy atom. The van der Waals surface area contributed by atoms with Gasteiger partial charge in [0, 0.05) is 17.0 Å². The van der Waals surface area contributed by atoms with Crippen molar-refractivity contribution >= 4 is 22.4 Å². The summed E-state index contributed by atoms with van der Waals surface area (Å²) in [6.45, 7) is 4.20. The number of benzene rings is 1. The zero-order valence-electron chi connectivity index (χ0n) is 14.6. The van der Waals surface area contributed by atoms with Crippen LogP contribution in [0.2, 0.25) is 0 Å². The van der Waals surface area contributed by atoms with Crippen LogP contribution in [0.1, 0.15) is 33.8 Å². The van der Waals surface area contributed by atoms with E-state index in [4.69, 9.17) is 14.5 Å². The predicted molar refractivity (Wildman–Crippen MR) is 100 cm³/mol. The highest BCUT2D eigenvalue weighted by Crippen LogP contribution is 2.33. The molecule has 1 heterocycles. The van der Waals surface area contributed by atoms with Gasteiger partial charge in [0.15, 0.2) is 16.6 Å². The second-order valence-corrected chi connectivity index (χ2v) is 6.91. The van der Waals surface area contributed by atoms with Crippen molar-refractivity contribution < 1.29 is 14.3 Å². The Morgan fingerprint density at radius 1 is 1.28 bits per heavy atom. The van der Waals surface area contributed by atoms with Gasteiger partial charge in [0.1, 0.15) is 0 Å². The molecule has 1 aromatic carbocycles. The number of nitrogens with zero attached hydrogens (tertiary/aromatic N) is 2. The van der Waals surface area contributed by atoms with Crippen LogP contribution in [0, 0.1) is 0 Å². The normalized spacial score (nSPS) is 13.0. The van der Waals surface area contributed by atoms with Gasteiger partial charge in [-0.3, -0.25) is 9.69 Å². The molecule has 0 saturated carbocycles. The number of ether oxygens (including phenoxy) is 2. The van der Waals surface area contributed by atoms with Gasteiger partial charge in [-0.1, -0.05) is 6.08 Å². The van der Waals surface area contributed by atoms with Crippen LogP contribution in [-0.4, -0.2) is 31.7 Å². The van der Waals surface area contributed by atoms with E-state index in [0.29, 0.717) is 23.6 Å². The van der Waals surface area contributed by atoms with E-state index >= 15 is 0 Å². The third-order valence-corrected chi connectivity index (χ3v) is 5.43. The van der Waals surface area contributed by atoms with Crippen LogP contribution in [0.15, 0.2) is 30.9 Å². The largest absolute Gasteiger partial charge is 0.493 e. The first-order valence-corrected chi connectivity index (χ1v) is 9.13. The van der Waals surface area contributed by atoms with Crippen LogP contribution in [0.3, 0.4) is 0 Å². The van der Waals surface area contributed by atoms with Crippen molar-refractivity contribution in [1.82, 2.24) is 4.98 Å². The van der Waals surface area contributed by atoms with Crippen molar-refractivity contribution in [3.8, 4) is 11.5 Å². The van der Waals surface area contributed by atoms with Crippen molar-refractivity contribution in [1.29, 1.82) is 0 Å². The zero-order chi connectivity index (χ0) is 17.8. The molecule has 2 aromatic rings. The number of thiazole rings is 1. The van der Waals surface area contributed by atoms with Gasteiger partial charge in [-0.15, -0.1) is 17.9 Å². The molecule has 1 amide bonds. The first kappa shape index (κ1) is 17.5. The molecule has 0 atom stereocenters. The Kier molecular flexibility index (Phi) is 5.38. The maximum Gasteiger partial charge on any atom is 0.260 e. The minimum atomic E-state index is -0.119. The second-order valence-electron chi connectivity index (χ2n) is 5.85. The lowest BCUT2D eigenvalue weighted by Gasteiger charge is -2.19. The molecule has 1 aliphatic rings. The van der Waals surface area contributed by atoms with E-state index < -0.39 is 0 Å². The lowest BCUT2D eigenvalue weighted by atomic mass is 10.0. The third-order valence-electron chi connectivity index (χ3n) is 4.25. The van der Waals surface area contributed by atoms with E-state index in [1.165, 1.54) is 17.7 Å². The maximum absolute atomic E-state index is 13.1. The van der Waals surface area contributed by atoms with Gasteiger partial charge in [0.05, 0.1) is 19.9 Å². The summed E-state index contributed by atoms with van der Waals surface area (Å²) in [4.78, 5) is 20.8. The molecule has 0 aliphatic heterocycles. The molecule has 0 bridgehead atoms. The van der Waals surface area contributed by atoms with E-state index in [1.807, 2.05) is 0 Å². The zero-order valence-corrected chi connectivity index (χ0v) is 15.4. The van der Waals surface area contributed by atoms with Crippen molar-refractivity contribution in [2.45, 2.75) is 25.7 Å². The van der Waals surface area contributed by atoms with Crippen molar-refractivity contribution in [2.75, 3.05) is 25.7 Å². The number of hydrogen-bond donors (Lipinski definition) is 0. The van der Waals surface area contributed by atoms with Crippen LogP contribution >= 0.6 is 11.3 Å². The van der Waals surface area contributed by atoms with Gasteiger partial charge in [0.25, 0.3) is 5.91 Å². The molecule has 0 spiro atoms. The standard InChI is InChI=1S/C19H22N2O3S/c1-4-11-21(19-20-14-7-5-6-8-17(14)25-19)18(22)13-9-10-15(23-2)16(12-13)24-3/h4,9-10,12H,1,5-8,11H2,2-3H3. The number of methoxy groups -OCH3 is 2.